The lowest BCUT2D eigenvalue weighted by atomic mass is 9.84. The van der Waals surface area contributed by atoms with E-state index in [0.29, 0.717) is 11.1 Å². The van der Waals surface area contributed by atoms with Crippen molar-refractivity contribution in [2.45, 2.75) is 48.0 Å². The predicted molar refractivity (Wildman–Crippen MR) is 237 cm³/mol. The molecule has 2 heterocycles. The van der Waals surface area contributed by atoms with E-state index in [-0.39, 0.29) is 23.7 Å². The fraction of sp³-hybridized carbons (Fsp3) is 0.146. The molecule has 0 bridgehead atoms. The van der Waals surface area contributed by atoms with Crippen molar-refractivity contribution in [1.82, 2.24) is 8.75 Å². The van der Waals surface area contributed by atoms with Gasteiger partial charge in [0.05, 0.1) is 31.3 Å². The first-order valence-corrected chi connectivity index (χ1v) is 19.7. The number of fused-ring (bicyclic) bond motifs is 1. The zero-order chi connectivity index (χ0) is 41.9. The number of carboxylic acids is 1. The third-order valence-electron chi connectivity index (χ3n) is 9.10. The van der Waals surface area contributed by atoms with Crippen molar-refractivity contribution in [2.24, 2.45) is 0 Å². The van der Waals surface area contributed by atoms with E-state index in [4.69, 9.17) is 18.3 Å². The van der Waals surface area contributed by atoms with Crippen molar-refractivity contribution >= 4 is 74.6 Å². The van der Waals surface area contributed by atoms with Gasteiger partial charge in [0, 0.05) is 31.8 Å². The summed E-state index contributed by atoms with van der Waals surface area (Å²) in [5.41, 5.74) is 11.5. The molecule has 7 aromatic rings. The Kier molecular flexibility index (Phi) is 14.1. The molecule has 1 N–H and O–H groups in total. The predicted octanol–water partition coefficient (Wildman–Crippen LogP) is 12.6. The number of carbonyl (C=O) groups excluding carboxylic acids is 2. The van der Waals surface area contributed by atoms with Gasteiger partial charge < -0.3 is 5.11 Å². The van der Waals surface area contributed by atoms with Crippen molar-refractivity contribution in [3.05, 3.63) is 186 Å². The van der Waals surface area contributed by atoms with Gasteiger partial charge in [0.15, 0.2) is 17.3 Å². The number of Topliss-reactive ketones (excluding diaryl/α,β-unsaturated/α-hetero) is 2. The van der Waals surface area contributed by atoms with Crippen molar-refractivity contribution in [3.8, 4) is 11.1 Å². The zero-order valence-corrected chi connectivity index (χ0v) is 34.6. The van der Waals surface area contributed by atoms with Crippen molar-refractivity contribution in [1.29, 1.82) is 0 Å². The van der Waals surface area contributed by atoms with Gasteiger partial charge in [-0.2, -0.15) is 8.75 Å². The Labute approximate surface area is 346 Å². The van der Waals surface area contributed by atoms with E-state index in [9.17, 15) is 14.4 Å². The number of nitrogens with zero attached hydrogens (tertiary/aromatic N) is 4. The Morgan fingerprint density at radius 3 is 1.81 bits per heavy atom. The van der Waals surface area contributed by atoms with Crippen LogP contribution in [0.4, 0.5) is 0 Å². The van der Waals surface area contributed by atoms with E-state index < -0.39 is 5.97 Å². The fourth-order valence-electron chi connectivity index (χ4n) is 6.03. The monoisotopic (exact) mass is 800 g/mol. The smallest absolute Gasteiger partial charge is 0.333 e. The molecule has 0 spiro atoms. The Morgan fingerprint density at radius 1 is 0.672 bits per heavy atom. The maximum absolute atomic E-state index is 12.3. The quantitative estimate of drug-likeness (QED) is 0.108. The highest BCUT2D eigenvalue weighted by molar-refractivity contribution is 7.12. The molecule has 8 rings (SSSR count). The minimum atomic E-state index is -1.18. The third kappa shape index (κ3) is 10.5. The minimum absolute atomic E-state index is 0.0454. The van der Waals surface area contributed by atoms with E-state index >= 15 is 0 Å². The number of aliphatic carboxylic acids is 1. The van der Waals surface area contributed by atoms with Crippen LogP contribution in [-0.2, 0) is 4.79 Å². The summed E-state index contributed by atoms with van der Waals surface area (Å²) in [4.78, 5) is 43.2. The standard InChI is InChI=1S/C20H12N2O2S.C11H11N.C9H7NO2S.C8H10/c1-10-5-6-13(20-19(10)21-25-22-20)11-7-8-15-17(24)9-16(23)14-4-2-3-12(11)18(14)15;1-9-4-6-11(7-5-9)8-10(2)12-3;1-6-3-4-7(13-6)5-8(10-2)9(11)12;1-7-3-5-8(2)6-4-7/h2-8H,9H2,1H3;4-8H,1-2H3;3-5H,1H3,(H,11,12);3-6H,1-2H3/b;10-8-;8-5-;. The van der Waals surface area contributed by atoms with Gasteiger partial charge in [0.1, 0.15) is 11.0 Å². The second-order valence-electron chi connectivity index (χ2n) is 13.7. The fourth-order valence-corrected chi connectivity index (χ4v) is 7.46. The van der Waals surface area contributed by atoms with Gasteiger partial charge in [-0.3, -0.25) is 14.4 Å². The Morgan fingerprint density at radius 2 is 1.24 bits per heavy atom. The molecule has 0 amide bonds. The van der Waals surface area contributed by atoms with Crippen molar-refractivity contribution in [2.75, 3.05) is 0 Å². The number of aromatic nitrogens is 2. The topological polar surface area (TPSA) is 106 Å². The number of benzene rings is 5. The van der Waals surface area contributed by atoms with Crippen LogP contribution in [0.25, 0.3) is 54.8 Å². The average molecular weight is 801 g/mol. The number of thiophene rings is 1. The van der Waals surface area contributed by atoms with Crippen LogP contribution < -0.4 is 0 Å². The van der Waals surface area contributed by atoms with Crippen LogP contribution in [0.3, 0.4) is 0 Å². The summed E-state index contributed by atoms with van der Waals surface area (Å²) < 4.78 is 8.86. The first-order valence-electron chi connectivity index (χ1n) is 18.2. The SMILES string of the molecule is Cc1ccc(-c2ccc3c4c(cccc24)C(=O)CC3=O)c2nsnc12.Cc1ccc(C)cc1.[C-]#[N+]/C(=C\c1ccc(C)s1)C(=O)O.[C-]#[N+]/C(C)=C\c1ccc(C)cc1. The summed E-state index contributed by atoms with van der Waals surface area (Å²) in [7, 11) is 0. The van der Waals surface area contributed by atoms with Crippen LogP contribution >= 0.6 is 23.1 Å². The molecule has 0 unspecified atom stereocenters. The summed E-state index contributed by atoms with van der Waals surface area (Å²) >= 11 is 2.66. The molecule has 0 saturated heterocycles. The molecule has 0 radical (unpaired) electrons. The van der Waals surface area contributed by atoms with E-state index in [0.717, 1.165) is 59.5 Å². The van der Waals surface area contributed by atoms with Crippen LogP contribution in [0.5, 0.6) is 0 Å². The first-order chi connectivity index (χ1) is 27.8. The lowest BCUT2D eigenvalue weighted by Crippen LogP contribution is -2.16. The Balaban J connectivity index is 0.000000164. The molecular weight excluding hydrogens is 761 g/mol. The average Bonchev–Trinajstić information content (AvgIpc) is 3.88. The molecule has 2 aromatic heterocycles. The lowest BCUT2D eigenvalue weighted by molar-refractivity contribution is -0.132. The van der Waals surface area contributed by atoms with Crippen LogP contribution in [-0.4, -0.2) is 31.4 Å². The summed E-state index contributed by atoms with van der Waals surface area (Å²) in [5, 5.41) is 10.2. The molecule has 10 heteroatoms. The molecular formula is C48H40N4O4S2. The summed E-state index contributed by atoms with van der Waals surface area (Å²) in [6.07, 6.45) is 3.22. The van der Waals surface area contributed by atoms with Crippen molar-refractivity contribution in [3.63, 3.8) is 0 Å². The molecule has 0 fully saturated rings. The number of hydrogen-bond donors (Lipinski definition) is 1. The van der Waals surface area contributed by atoms with Crippen LogP contribution in [0.2, 0.25) is 0 Å². The molecule has 58 heavy (non-hydrogen) atoms. The third-order valence-corrected chi connectivity index (χ3v) is 10.6. The van der Waals surface area contributed by atoms with Crippen LogP contribution in [0.1, 0.15) is 71.6 Å². The van der Waals surface area contributed by atoms with Crippen LogP contribution in [0, 0.1) is 47.8 Å². The maximum Gasteiger partial charge on any atom is 0.333 e. The Hall–Kier alpha value is -6.85. The van der Waals surface area contributed by atoms with E-state index in [1.54, 1.807) is 12.1 Å². The number of carboxylic acid groups (broad SMARTS) is 1. The largest absolute Gasteiger partial charge is 0.486 e. The molecule has 1 aliphatic rings. The highest BCUT2D eigenvalue weighted by Crippen LogP contribution is 2.39. The summed E-state index contributed by atoms with van der Waals surface area (Å²) in [5.74, 6) is -1.39. The first kappa shape index (κ1) is 42.3. The number of rotatable bonds is 4. The molecule has 1 aliphatic carbocycles. The van der Waals surface area contributed by atoms with Gasteiger partial charge in [-0.05, 0) is 81.8 Å². The van der Waals surface area contributed by atoms with E-state index in [1.165, 1.54) is 45.8 Å². The molecule has 0 atom stereocenters. The van der Waals surface area contributed by atoms with Gasteiger partial charge in [0.2, 0.25) is 0 Å². The van der Waals surface area contributed by atoms with Gasteiger partial charge in [0.25, 0.3) is 5.70 Å². The maximum atomic E-state index is 12.3. The number of carbonyl (C=O) groups is 3. The molecule has 0 aliphatic heterocycles. The Bertz CT molecular complexity index is 2760. The molecule has 5 aromatic carbocycles. The molecule has 0 saturated carbocycles. The second-order valence-corrected chi connectivity index (χ2v) is 15.5. The van der Waals surface area contributed by atoms with Gasteiger partial charge in [-0.25, -0.2) is 9.69 Å². The van der Waals surface area contributed by atoms with Gasteiger partial charge >= 0.3 is 5.97 Å². The van der Waals surface area contributed by atoms with Gasteiger partial charge in [-0.15, -0.1) is 11.3 Å². The lowest BCUT2D eigenvalue weighted by Gasteiger charge is -2.18. The van der Waals surface area contributed by atoms with Crippen LogP contribution in [0.15, 0.2) is 115 Å². The summed E-state index contributed by atoms with van der Waals surface area (Å²) in [6.45, 7) is 25.4. The number of hydrogen-bond acceptors (Lipinski definition) is 7. The van der Waals surface area contributed by atoms with E-state index in [1.807, 2.05) is 93.6 Å². The zero-order valence-electron chi connectivity index (χ0n) is 33.0. The normalized spacial score (nSPS) is 11.9. The summed E-state index contributed by atoms with van der Waals surface area (Å²) in [6, 6.07) is 33.8. The van der Waals surface area contributed by atoms with E-state index in [2.05, 4.69) is 63.5 Å². The van der Waals surface area contributed by atoms with Crippen molar-refractivity contribution < 1.29 is 19.5 Å². The highest BCUT2D eigenvalue weighted by Gasteiger charge is 2.26. The molecule has 288 valence electrons. The number of allylic oxidation sites excluding steroid dienone is 1. The minimum Gasteiger partial charge on any atom is -0.486 e. The highest BCUT2D eigenvalue weighted by atomic mass is 32.1. The second kappa shape index (κ2) is 19.3. The molecule has 8 nitrogen and oxygen atoms in total. The van der Waals surface area contributed by atoms with Gasteiger partial charge in [-0.1, -0.05) is 114 Å². The number of ketones is 2. The number of aryl methyl sites for hydroxylation is 5.